The number of nitrogens with one attached hydrogen (secondary N) is 1. The average molecular weight is 238 g/mol. The number of anilines is 1. The molecule has 4 heteroatoms. The van der Waals surface area contributed by atoms with Crippen molar-refractivity contribution in [2.45, 2.75) is 6.04 Å². The molecule has 0 bridgehead atoms. The molecule has 0 aliphatic heterocycles. The van der Waals surface area contributed by atoms with Crippen molar-refractivity contribution in [1.82, 2.24) is 5.32 Å². The van der Waals surface area contributed by atoms with Crippen LogP contribution in [-0.4, -0.2) is 47.5 Å². The maximum absolute atomic E-state index is 5.16. The molecule has 0 aliphatic rings. The highest BCUT2D eigenvalue weighted by molar-refractivity contribution is 5.48. The molecule has 1 unspecified atom stereocenters. The molecule has 0 fully saturated rings. The first kappa shape index (κ1) is 13.8. The Hall–Kier alpha value is -1.26. The molecule has 96 valence electrons. The first-order chi connectivity index (χ1) is 8.21. The molecule has 0 saturated carbocycles. The number of hydrogen-bond donors (Lipinski definition) is 1. The first-order valence-corrected chi connectivity index (χ1v) is 5.72. The van der Waals surface area contributed by atoms with Crippen LogP contribution in [0.25, 0.3) is 0 Å². The predicted molar refractivity (Wildman–Crippen MR) is 71.0 cm³/mol. The molecule has 4 nitrogen and oxygen atoms in total. The van der Waals surface area contributed by atoms with Gasteiger partial charge in [-0.2, -0.15) is 0 Å². The lowest BCUT2D eigenvalue weighted by Gasteiger charge is -2.25. The zero-order valence-electron chi connectivity index (χ0n) is 11.1. The van der Waals surface area contributed by atoms with Crippen molar-refractivity contribution < 1.29 is 9.47 Å². The van der Waals surface area contributed by atoms with Crippen LogP contribution in [0.5, 0.6) is 5.75 Å². The third-order valence-corrected chi connectivity index (χ3v) is 2.78. The van der Waals surface area contributed by atoms with E-state index in [4.69, 9.17) is 9.47 Å². The SMILES string of the molecule is CNC(COC)CN(C)c1ccc(OC)cc1. The smallest absolute Gasteiger partial charge is 0.119 e. The molecular weight excluding hydrogens is 216 g/mol. The highest BCUT2D eigenvalue weighted by atomic mass is 16.5. The first-order valence-electron chi connectivity index (χ1n) is 5.72. The second-order valence-electron chi connectivity index (χ2n) is 4.02. The molecule has 1 atom stereocenters. The molecule has 0 amide bonds. The van der Waals surface area contributed by atoms with E-state index >= 15 is 0 Å². The van der Waals surface area contributed by atoms with Gasteiger partial charge in [-0.05, 0) is 31.3 Å². The number of likely N-dealkylation sites (N-methyl/N-ethyl adjacent to an activating group) is 2. The van der Waals surface area contributed by atoms with Gasteiger partial charge in [-0.1, -0.05) is 0 Å². The molecular formula is C13H22N2O2. The van der Waals surface area contributed by atoms with Crippen LogP contribution in [0.15, 0.2) is 24.3 Å². The molecule has 1 aromatic rings. The van der Waals surface area contributed by atoms with Gasteiger partial charge in [0.1, 0.15) is 5.75 Å². The van der Waals surface area contributed by atoms with Crippen molar-refractivity contribution in [2.75, 3.05) is 46.4 Å². The fraction of sp³-hybridized carbons (Fsp3) is 0.538. The van der Waals surface area contributed by atoms with Gasteiger partial charge in [-0.25, -0.2) is 0 Å². The van der Waals surface area contributed by atoms with Gasteiger partial charge < -0.3 is 19.7 Å². The van der Waals surface area contributed by atoms with E-state index in [0.29, 0.717) is 12.6 Å². The number of nitrogens with zero attached hydrogens (tertiary/aromatic N) is 1. The maximum atomic E-state index is 5.16. The molecule has 0 saturated heterocycles. The van der Waals surface area contributed by atoms with Gasteiger partial charge >= 0.3 is 0 Å². The lowest BCUT2D eigenvalue weighted by molar-refractivity contribution is 0.171. The van der Waals surface area contributed by atoms with Gasteiger partial charge in [0.25, 0.3) is 0 Å². The number of ether oxygens (including phenoxy) is 2. The minimum Gasteiger partial charge on any atom is -0.497 e. The molecule has 0 aliphatic carbocycles. The Morgan fingerprint density at radius 2 is 1.88 bits per heavy atom. The Kier molecular flexibility index (Phi) is 5.80. The van der Waals surface area contributed by atoms with E-state index in [1.807, 2.05) is 19.2 Å². The van der Waals surface area contributed by atoms with Crippen molar-refractivity contribution in [3.8, 4) is 5.75 Å². The largest absolute Gasteiger partial charge is 0.497 e. The van der Waals surface area contributed by atoms with Crippen molar-refractivity contribution in [3.05, 3.63) is 24.3 Å². The van der Waals surface area contributed by atoms with Crippen LogP contribution >= 0.6 is 0 Å². The fourth-order valence-electron chi connectivity index (χ4n) is 1.70. The van der Waals surface area contributed by atoms with Crippen molar-refractivity contribution in [3.63, 3.8) is 0 Å². The van der Waals surface area contributed by atoms with Crippen LogP contribution < -0.4 is 15.0 Å². The number of rotatable bonds is 7. The molecule has 0 heterocycles. The molecule has 1 N–H and O–H groups in total. The summed E-state index contributed by atoms with van der Waals surface area (Å²) in [5.74, 6) is 0.879. The zero-order valence-corrected chi connectivity index (χ0v) is 11.1. The highest BCUT2D eigenvalue weighted by Crippen LogP contribution is 2.18. The molecule has 0 spiro atoms. The van der Waals surface area contributed by atoms with Crippen LogP contribution in [0.3, 0.4) is 0 Å². The second-order valence-corrected chi connectivity index (χ2v) is 4.02. The summed E-state index contributed by atoms with van der Waals surface area (Å²) in [6.07, 6.45) is 0. The van der Waals surface area contributed by atoms with Gasteiger partial charge in [0.15, 0.2) is 0 Å². The summed E-state index contributed by atoms with van der Waals surface area (Å²) >= 11 is 0. The van der Waals surface area contributed by atoms with Crippen molar-refractivity contribution >= 4 is 5.69 Å². The fourth-order valence-corrected chi connectivity index (χ4v) is 1.70. The van der Waals surface area contributed by atoms with Gasteiger partial charge in [-0.3, -0.25) is 0 Å². The Balaban J connectivity index is 2.58. The summed E-state index contributed by atoms with van der Waals surface area (Å²) in [5, 5.41) is 3.23. The number of hydrogen-bond acceptors (Lipinski definition) is 4. The topological polar surface area (TPSA) is 33.7 Å². The Labute approximate surface area is 104 Å². The minimum absolute atomic E-state index is 0.326. The quantitative estimate of drug-likeness (QED) is 0.778. The van der Waals surface area contributed by atoms with Gasteiger partial charge in [-0.15, -0.1) is 0 Å². The van der Waals surface area contributed by atoms with E-state index in [0.717, 1.165) is 12.3 Å². The summed E-state index contributed by atoms with van der Waals surface area (Å²) in [5.41, 5.74) is 1.17. The highest BCUT2D eigenvalue weighted by Gasteiger charge is 2.09. The van der Waals surface area contributed by atoms with E-state index < -0.39 is 0 Å². The van der Waals surface area contributed by atoms with Gasteiger partial charge in [0.05, 0.1) is 13.7 Å². The van der Waals surface area contributed by atoms with E-state index in [-0.39, 0.29) is 0 Å². The zero-order chi connectivity index (χ0) is 12.7. The summed E-state index contributed by atoms with van der Waals surface area (Å²) in [7, 11) is 7.42. The predicted octanol–water partition coefficient (Wildman–Crippen LogP) is 1.37. The summed E-state index contributed by atoms with van der Waals surface area (Å²) < 4.78 is 10.3. The second kappa shape index (κ2) is 7.14. The van der Waals surface area contributed by atoms with Crippen molar-refractivity contribution in [2.24, 2.45) is 0 Å². The molecule has 0 radical (unpaired) electrons. The van der Waals surface area contributed by atoms with E-state index in [1.165, 1.54) is 5.69 Å². The van der Waals surface area contributed by atoms with Crippen LogP contribution in [0.2, 0.25) is 0 Å². The number of benzene rings is 1. The van der Waals surface area contributed by atoms with Crippen LogP contribution in [0.4, 0.5) is 5.69 Å². The van der Waals surface area contributed by atoms with Crippen LogP contribution in [0.1, 0.15) is 0 Å². The van der Waals surface area contributed by atoms with Gasteiger partial charge in [0.2, 0.25) is 0 Å². The lowest BCUT2D eigenvalue weighted by Crippen LogP contribution is -2.40. The Morgan fingerprint density at radius 1 is 1.24 bits per heavy atom. The third kappa shape index (κ3) is 4.24. The summed E-state index contributed by atoms with van der Waals surface area (Å²) in [4.78, 5) is 2.19. The Bertz CT molecular complexity index is 314. The standard InChI is InChI=1S/C13H22N2O2/c1-14-11(10-16-3)9-15(2)12-5-7-13(17-4)8-6-12/h5-8,11,14H,9-10H2,1-4H3. The molecule has 17 heavy (non-hydrogen) atoms. The molecule has 1 aromatic carbocycles. The summed E-state index contributed by atoms with van der Waals surface area (Å²) in [6.45, 7) is 1.60. The maximum Gasteiger partial charge on any atom is 0.119 e. The van der Waals surface area contributed by atoms with Crippen LogP contribution in [-0.2, 0) is 4.74 Å². The Morgan fingerprint density at radius 3 is 2.35 bits per heavy atom. The van der Waals surface area contributed by atoms with Crippen molar-refractivity contribution in [1.29, 1.82) is 0 Å². The van der Waals surface area contributed by atoms with Crippen LogP contribution in [0, 0.1) is 0 Å². The van der Waals surface area contributed by atoms with E-state index in [2.05, 4.69) is 29.4 Å². The third-order valence-electron chi connectivity index (χ3n) is 2.78. The van der Waals surface area contributed by atoms with Gasteiger partial charge in [0, 0.05) is 32.4 Å². The summed E-state index contributed by atoms with van der Waals surface area (Å²) in [6, 6.07) is 8.37. The minimum atomic E-state index is 0.326. The number of methoxy groups -OCH3 is 2. The monoisotopic (exact) mass is 238 g/mol. The molecule has 0 aromatic heterocycles. The average Bonchev–Trinajstić information content (AvgIpc) is 2.38. The molecule has 1 rings (SSSR count). The van der Waals surface area contributed by atoms with E-state index in [9.17, 15) is 0 Å². The van der Waals surface area contributed by atoms with E-state index in [1.54, 1.807) is 14.2 Å². The normalized spacial score (nSPS) is 12.2. The lowest BCUT2D eigenvalue weighted by atomic mass is 10.2.